The van der Waals surface area contributed by atoms with Gasteiger partial charge in [0.05, 0.1) is 0 Å². The van der Waals surface area contributed by atoms with Gasteiger partial charge in [0.2, 0.25) is 0 Å². The number of amides is 1. The van der Waals surface area contributed by atoms with Crippen molar-refractivity contribution in [2.24, 2.45) is 0 Å². The third kappa shape index (κ3) is 3.20. The van der Waals surface area contributed by atoms with Crippen LogP contribution in [0.3, 0.4) is 0 Å². The van der Waals surface area contributed by atoms with E-state index < -0.39 is 0 Å². The van der Waals surface area contributed by atoms with Crippen LogP contribution in [0, 0.1) is 0 Å². The lowest BCUT2D eigenvalue weighted by Crippen LogP contribution is -2.44. The molecule has 1 saturated heterocycles. The highest BCUT2D eigenvalue weighted by Crippen LogP contribution is 2.20. The van der Waals surface area contributed by atoms with Crippen molar-refractivity contribution >= 4 is 21.8 Å². The quantitative estimate of drug-likeness (QED) is 0.853. The molecule has 1 fully saturated rings. The number of aryl methyl sites for hydroxylation is 1. The first-order valence-corrected chi connectivity index (χ1v) is 7.63. The maximum Gasteiger partial charge on any atom is 0.270 e. The minimum Gasteiger partial charge on any atom is -0.343 e. The van der Waals surface area contributed by atoms with E-state index in [2.05, 4.69) is 41.8 Å². The SMILES string of the molecule is CCn1cc(Br)cc1C(=O)N1CCC(N(C)C)CC1. The molecule has 0 radical (unpaired) electrons. The van der Waals surface area contributed by atoms with Gasteiger partial charge in [-0.25, -0.2) is 0 Å². The molecule has 0 N–H and O–H groups in total. The Morgan fingerprint density at radius 3 is 2.58 bits per heavy atom. The van der Waals surface area contributed by atoms with Gasteiger partial charge in [-0.15, -0.1) is 0 Å². The second kappa shape index (κ2) is 6.09. The summed E-state index contributed by atoms with van der Waals surface area (Å²) < 4.78 is 2.98. The van der Waals surface area contributed by atoms with Crippen molar-refractivity contribution in [3.63, 3.8) is 0 Å². The summed E-state index contributed by atoms with van der Waals surface area (Å²) in [6, 6.07) is 2.53. The minimum atomic E-state index is 0.157. The van der Waals surface area contributed by atoms with E-state index in [0.29, 0.717) is 6.04 Å². The minimum absolute atomic E-state index is 0.157. The summed E-state index contributed by atoms with van der Waals surface area (Å²) in [6.07, 6.45) is 4.10. The van der Waals surface area contributed by atoms with Crippen molar-refractivity contribution in [2.75, 3.05) is 27.2 Å². The molecule has 1 aromatic rings. The molecule has 0 saturated carbocycles. The number of hydrogen-bond donors (Lipinski definition) is 0. The summed E-state index contributed by atoms with van der Waals surface area (Å²) in [6.45, 7) is 4.59. The zero-order valence-corrected chi connectivity index (χ0v) is 13.5. The van der Waals surface area contributed by atoms with E-state index in [0.717, 1.165) is 42.6 Å². The fraction of sp³-hybridized carbons (Fsp3) is 0.643. The number of carbonyl (C=O) groups excluding carboxylic acids is 1. The lowest BCUT2D eigenvalue weighted by atomic mass is 10.0. The fourth-order valence-electron chi connectivity index (χ4n) is 2.66. The van der Waals surface area contributed by atoms with Crippen molar-refractivity contribution in [1.82, 2.24) is 14.4 Å². The molecule has 1 aromatic heterocycles. The number of aromatic nitrogens is 1. The maximum atomic E-state index is 12.5. The molecule has 2 rings (SSSR count). The molecule has 1 aliphatic rings. The van der Waals surface area contributed by atoms with Gasteiger partial charge in [-0.3, -0.25) is 4.79 Å². The lowest BCUT2D eigenvalue weighted by Gasteiger charge is -2.35. The standard InChI is InChI=1S/C14H22BrN3O/c1-4-17-10-11(15)9-13(17)14(19)18-7-5-12(6-8-18)16(2)3/h9-10,12H,4-8H2,1-3H3. The molecule has 1 amide bonds. The summed E-state index contributed by atoms with van der Waals surface area (Å²) in [4.78, 5) is 16.8. The van der Waals surface area contributed by atoms with Crippen LogP contribution in [0.15, 0.2) is 16.7 Å². The average molecular weight is 328 g/mol. The Labute approximate surface area is 123 Å². The molecule has 1 aliphatic heterocycles. The zero-order valence-electron chi connectivity index (χ0n) is 11.9. The number of rotatable bonds is 3. The highest BCUT2D eigenvalue weighted by Gasteiger charge is 2.26. The molecule has 106 valence electrons. The van der Waals surface area contributed by atoms with Gasteiger partial charge in [-0.05, 0) is 55.9 Å². The third-order valence-corrected chi connectivity index (χ3v) is 4.34. The Hall–Kier alpha value is -0.810. The van der Waals surface area contributed by atoms with Gasteiger partial charge in [-0.2, -0.15) is 0 Å². The summed E-state index contributed by atoms with van der Waals surface area (Å²) in [5.74, 6) is 0.157. The first-order valence-electron chi connectivity index (χ1n) is 6.84. The van der Waals surface area contributed by atoms with E-state index in [-0.39, 0.29) is 5.91 Å². The topological polar surface area (TPSA) is 28.5 Å². The van der Waals surface area contributed by atoms with Crippen molar-refractivity contribution in [2.45, 2.75) is 32.4 Å². The van der Waals surface area contributed by atoms with E-state index in [4.69, 9.17) is 0 Å². The smallest absolute Gasteiger partial charge is 0.270 e. The summed E-state index contributed by atoms with van der Waals surface area (Å²) in [7, 11) is 4.23. The summed E-state index contributed by atoms with van der Waals surface area (Å²) in [5, 5.41) is 0. The predicted molar refractivity (Wildman–Crippen MR) is 80.4 cm³/mol. The van der Waals surface area contributed by atoms with E-state index in [1.54, 1.807) is 0 Å². The predicted octanol–water partition coefficient (Wildman–Crippen LogP) is 2.44. The van der Waals surface area contributed by atoms with Crippen LogP contribution in [0.1, 0.15) is 30.3 Å². The lowest BCUT2D eigenvalue weighted by molar-refractivity contribution is 0.0653. The number of halogens is 1. The zero-order chi connectivity index (χ0) is 14.0. The van der Waals surface area contributed by atoms with E-state index in [1.165, 1.54) is 0 Å². The Morgan fingerprint density at radius 2 is 2.05 bits per heavy atom. The first kappa shape index (κ1) is 14.6. The molecular formula is C14H22BrN3O. The molecule has 0 atom stereocenters. The van der Waals surface area contributed by atoms with Crippen LogP contribution in [0.4, 0.5) is 0 Å². The molecule has 0 aromatic carbocycles. The monoisotopic (exact) mass is 327 g/mol. The highest BCUT2D eigenvalue weighted by atomic mass is 79.9. The number of nitrogens with zero attached hydrogens (tertiary/aromatic N) is 3. The van der Waals surface area contributed by atoms with Crippen LogP contribution in [-0.4, -0.2) is 53.5 Å². The molecular weight excluding hydrogens is 306 g/mol. The van der Waals surface area contributed by atoms with Crippen LogP contribution in [0.5, 0.6) is 0 Å². The van der Waals surface area contributed by atoms with Crippen molar-refractivity contribution in [3.05, 3.63) is 22.4 Å². The highest BCUT2D eigenvalue weighted by molar-refractivity contribution is 9.10. The van der Waals surface area contributed by atoms with Gasteiger partial charge in [0.1, 0.15) is 5.69 Å². The van der Waals surface area contributed by atoms with E-state index >= 15 is 0 Å². The first-order chi connectivity index (χ1) is 9.02. The molecule has 4 nitrogen and oxygen atoms in total. The number of piperidine rings is 1. The van der Waals surface area contributed by atoms with Crippen molar-refractivity contribution < 1.29 is 4.79 Å². The molecule has 19 heavy (non-hydrogen) atoms. The molecule has 0 unspecified atom stereocenters. The Kier molecular flexibility index (Phi) is 4.68. The Balaban J connectivity index is 2.05. The number of likely N-dealkylation sites (tertiary alicyclic amines) is 1. The molecule has 2 heterocycles. The van der Waals surface area contributed by atoms with E-state index in [1.807, 2.05) is 21.7 Å². The van der Waals surface area contributed by atoms with Gasteiger partial charge in [0, 0.05) is 36.3 Å². The second-order valence-corrected chi connectivity index (χ2v) is 6.23. The average Bonchev–Trinajstić information content (AvgIpc) is 2.79. The molecule has 0 spiro atoms. The van der Waals surface area contributed by atoms with Gasteiger partial charge in [0.25, 0.3) is 5.91 Å². The van der Waals surface area contributed by atoms with Crippen molar-refractivity contribution in [1.29, 1.82) is 0 Å². The fourth-order valence-corrected chi connectivity index (χ4v) is 3.13. The van der Waals surface area contributed by atoms with Crippen molar-refractivity contribution in [3.8, 4) is 0 Å². The summed E-state index contributed by atoms with van der Waals surface area (Å²) in [5.41, 5.74) is 0.790. The van der Waals surface area contributed by atoms with Gasteiger partial charge in [-0.1, -0.05) is 0 Å². The molecule has 5 heteroatoms. The van der Waals surface area contributed by atoms with Crippen LogP contribution in [-0.2, 0) is 6.54 Å². The number of hydrogen-bond acceptors (Lipinski definition) is 2. The number of carbonyl (C=O) groups is 1. The van der Waals surface area contributed by atoms with Crippen LogP contribution < -0.4 is 0 Å². The molecule has 0 bridgehead atoms. The largest absolute Gasteiger partial charge is 0.343 e. The Bertz CT molecular complexity index is 448. The normalized spacial score (nSPS) is 17.2. The van der Waals surface area contributed by atoms with Crippen LogP contribution >= 0.6 is 15.9 Å². The maximum absolute atomic E-state index is 12.5. The van der Waals surface area contributed by atoms with Gasteiger partial charge in [0.15, 0.2) is 0 Å². The van der Waals surface area contributed by atoms with Crippen LogP contribution in [0.25, 0.3) is 0 Å². The van der Waals surface area contributed by atoms with Gasteiger partial charge >= 0.3 is 0 Å². The Morgan fingerprint density at radius 1 is 1.42 bits per heavy atom. The summed E-state index contributed by atoms with van der Waals surface area (Å²) >= 11 is 3.45. The molecule has 0 aliphatic carbocycles. The van der Waals surface area contributed by atoms with Gasteiger partial charge < -0.3 is 14.4 Å². The van der Waals surface area contributed by atoms with Crippen LogP contribution in [0.2, 0.25) is 0 Å². The van der Waals surface area contributed by atoms with E-state index in [9.17, 15) is 4.79 Å². The second-order valence-electron chi connectivity index (χ2n) is 5.32. The third-order valence-electron chi connectivity index (χ3n) is 3.91.